The Morgan fingerprint density at radius 3 is 2.42 bits per heavy atom. The van der Waals surface area contributed by atoms with E-state index in [0.29, 0.717) is 6.54 Å². The first-order chi connectivity index (χ1) is 11.6. The predicted molar refractivity (Wildman–Crippen MR) is 96.6 cm³/mol. The highest BCUT2D eigenvalue weighted by Gasteiger charge is 2.32. The van der Waals surface area contributed by atoms with Crippen LogP contribution >= 0.6 is 0 Å². The fourth-order valence-electron chi connectivity index (χ4n) is 3.94. The quantitative estimate of drug-likeness (QED) is 0.923. The van der Waals surface area contributed by atoms with E-state index >= 15 is 0 Å². The van der Waals surface area contributed by atoms with Gasteiger partial charge < -0.3 is 10.2 Å². The summed E-state index contributed by atoms with van der Waals surface area (Å²) >= 11 is 0. The number of rotatable bonds is 2. The van der Waals surface area contributed by atoms with Gasteiger partial charge in [-0.3, -0.25) is 4.79 Å². The Morgan fingerprint density at radius 1 is 1.08 bits per heavy atom. The molecule has 4 rings (SSSR count). The summed E-state index contributed by atoms with van der Waals surface area (Å²) in [6.07, 6.45) is 1.86. The van der Waals surface area contributed by atoms with E-state index < -0.39 is 0 Å². The van der Waals surface area contributed by atoms with Gasteiger partial charge in [0.25, 0.3) is 0 Å². The van der Waals surface area contributed by atoms with E-state index in [9.17, 15) is 4.79 Å². The fourth-order valence-corrected chi connectivity index (χ4v) is 3.94. The fraction of sp³-hybridized carbons (Fsp3) is 0.286. The number of amides is 1. The molecule has 3 nitrogen and oxygen atoms in total. The van der Waals surface area contributed by atoms with Gasteiger partial charge in [-0.2, -0.15) is 0 Å². The second-order valence-corrected chi connectivity index (χ2v) is 6.85. The molecule has 2 aliphatic rings. The molecule has 1 amide bonds. The van der Waals surface area contributed by atoms with Gasteiger partial charge in [0.1, 0.15) is 0 Å². The number of hydrogen-bond acceptors (Lipinski definition) is 2. The molecule has 1 unspecified atom stereocenters. The van der Waals surface area contributed by atoms with Crippen molar-refractivity contribution < 1.29 is 4.79 Å². The Hall–Kier alpha value is -2.55. The van der Waals surface area contributed by atoms with Crippen molar-refractivity contribution in [2.75, 3.05) is 13.6 Å². The van der Waals surface area contributed by atoms with Crippen molar-refractivity contribution in [2.45, 2.75) is 24.8 Å². The first-order valence-corrected chi connectivity index (χ1v) is 8.50. The van der Waals surface area contributed by atoms with Gasteiger partial charge in [-0.25, -0.2) is 0 Å². The van der Waals surface area contributed by atoms with Gasteiger partial charge in [0.2, 0.25) is 5.91 Å². The average molecular weight is 318 g/mol. The predicted octanol–water partition coefficient (Wildman–Crippen LogP) is 2.97. The molecule has 1 N–H and O–H groups in total. The van der Waals surface area contributed by atoms with Crippen molar-refractivity contribution in [3.8, 4) is 0 Å². The van der Waals surface area contributed by atoms with Gasteiger partial charge >= 0.3 is 0 Å². The molecule has 1 aliphatic carbocycles. The second kappa shape index (κ2) is 5.82. The Morgan fingerprint density at radius 2 is 1.71 bits per heavy atom. The minimum absolute atomic E-state index is 0.125. The molecule has 0 bridgehead atoms. The summed E-state index contributed by atoms with van der Waals surface area (Å²) in [7, 11) is 2.00. The standard InChI is InChI=1S/C21H22N2O/c1-14-18-9-5-6-10-19(18)20(13-23(14)2)21(24)22-17-11-15-7-3-4-8-16(15)12-17/h3-10,17,20H,1,11-13H2,2H3,(H,22,24). The van der Waals surface area contributed by atoms with Crippen molar-refractivity contribution in [3.05, 3.63) is 77.4 Å². The number of nitrogens with zero attached hydrogens (tertiary/aromatic N) is 1. The SMILES string of the molecule is C=C1c2ccccc2C(C(=O)NC2Cc3ccccc3C2)CN1C. The summed E-state index contributed by atoms with van der Waals surface area (Å²) in [4.78, 5) is 15.0. The summed E-state index contributed by atoms with van der Waals surface area (Å²) in [6.45, 7) is 4.84. The summed E-state index contributed by atoms with van der Waals surface area (Å²) in [5.41, 5.74) is 5.88. The molecule has 24 heavy (non-hydrogen) atoms. The number of carbonyl (C=O) groups excluding carboxylic acids is 1. The average Bonchev–Trinajstić information content (AvgIpc) is 3.00. The largest absolute Gasteiger partial charge is 0.373 e. The van der Waals surface area contributed by atoms with E-state index in [0.717, 1.165) is 29.7 Å². The van der Waals surface area contributed by atoms with Crippen LogP contribution < -0.4 is 5.32 Å². The van der Waals surface area contributed by atoms with E-state index in [1.807, 2.05) is 19.2 Å². The second-order valence-electron chi connectivity index (χ2n) is 6.85. The zero-order valence-electron chi connectivity index (χ0n) is 14.0. The molecule has 0 saturated carbocycles. The van der Waals surface area contributed by atoms with Crippen LogP contribution in [-0.2, 0) is 17.6 Å². The van der Waals surface area contributed by atoms with E-state index in [2.05, 4.69) is 53.2 Å². The summed E-state index contributed by atoms with van der Waals surface area (Å²) in [5.74, 6) is -0.0139. The molecular formula is C21H22N2O. The number of nitrogens with one attached hydrogen (secondary N) is 1. The molecule has 0 aromatic heterocycles. The van der Waals surface area contributed by atoms with Crippen LogP contribution in [-0.4, -0.2) is 30.4 Å². The maximum absolute atomic E-state index is 13.0. The van der Waals surface area contributed by atoms with Crippen LogP contribution in [0.3, 0.4) is 0 Å². The maximum Gasteiger partial charge on any atom is 0.229 e. The van der Waals surface area contributed by atoms with Gasteiger partial charge in [-0.1, -0.05) is 55.1 Å². The van der Waals surface area contributed by atoms with Crippen molar-refractivity contribution in [3.63, 3.8) is 0 Å². The molecular weight excluding hydrogens is 296 g/mol. The Kier molecular flexibility index (Phi) is 3.64. The molecule has 2 aromatic rings. The monoisotopic (exact) mass is 318 g/mol. The third-order valence-electron chi connectivity index (χ3n) is 5.28. The Bertz CT molecular complexity index is 786. The zero-order chi connectivity index (χ0) is 16.7. The van der Waals surface area contributed by atoms with Crippen molar-refractivity contribution in [2.24, 2.45) is 0 Å². The number of likely N-dealkylation sites (N-methyl/N-ethyl adjacent to an activating group) is 1. The highest BCUT2D eigenvalue weighted by molar-refractivity contribution is 5.87. The summed E-state index contributed by atoms with van der Waals surface area (Å²) in [5, 5.41) is 3.28. The summed E-state index contributed by atoms with van der Waals surface area (Å²) in [6, 6.07) is 16.8. The van der Waals surface area contributed by atoms with Gasteiger partial charge in [-0.05, 0) is 29.5 Å². The normalized spacial score (nSPS) is 19.8. The van der Waals surface area contributed by atoms with Gasteiger partial charge in [0.05, 0.1) is 5.92 Å². The number of benzene rings is 2. The van der Waals surface area contributed by atoms with Crippen LogP contribution in [0, 0.1) is 0 Å². The number of hydrogen-bond donors (Lipinski definition) is 1. The lowest BCUT2D eigenvalue weighted by Crippen LogP contribution is -2.43. The molecule has 122 valence electrons. The molecule has 0 fully saturated rings. The smallest absolute Gasteiger partial charge is 0.229 e. The lowest BCUT2D eigenvalue weighted by molar-refractivity contribution is -0.123. The Labute approximate surface area is 143 Å². The number of fused-ring (bicyclic) bond motifs is 2. The lowest BCUT2D eigenvalue weighted by atomic mass is 9.87. The Balaban J connectivity index is 1.53. The van der Waals surface area contributed by atoms with Crippen LogP contribution in [0.2, 0.25) is 0 Å². The van der Waals surface area contributed by atoms with Crippen molar-refractivity contribution in [1.82, 2.24) is 10.2 Å². The molecule has 0 spiro atoms. The van der Waals surface area contributed by atoms with Crippen LogP contribution in [0.25, 0.3) is 5.70 Å². The third-order valence-corrected chi connectivity index (χ3v) is 5.28. The van der Waals surface area contributed by atoms with Gasteiger partial charge in [0.15, 0.2) is 0 Å². The number of carbonyl (C=O) groups is 1. The van der Waals surface area contributed by atoms with E-state index in [-0.39, 0.29) is 17.9 Å². The van der Waals surface area contributed by atoms with Gasteiger partial charge in [0, 0.05) is 30.9 Å². The summed E-state index contributed by atoms with van der Waals surface area (Å²) < 4.78 is 0. The zero-order valence-corrected chi connectivity index (χ0v) is 14.0. The highest BCUT2D eigenvalue weighted by Crippen LogP contribution is 2.34. The molecule has 1 heterocycles. The molecule has 1 atom stereocenters. The lowest BCUT2D eigenvalue weighted by Gasteiger charge is -2.34. The van der Waals surface area contributed by atoms with Crippen molar-refractivity contribution >= 4 is 11.6 Å². The molecule has 2 aromatic carbocycles. The topological polar surface area (TPSA) is 32.3 Å². The maximum atomic E-state index is 13.0. The van der Waals surface area contributed by atoms with E-state index in [1.54, 1.807) is 0 Å². The first-order valence-electron chi connectivity index (χ1n) is 8.50. The molecule has 0 saturated heterocycles. The van der Waals surface area contributed by atoms with Crippen LogP contribution in [0.5, 0.6) is 0 Å². The van der Waals surface area contributed by atoms with Crippen molar-refractivity contribution in [1.29, 1.82) is 0 Å². The molecule has 3 heteroatoms. The highest BCUT2D eigenvalue weighted by atomic mass is 16.2. The minimum atomic E-state index is -0.139. The van der Waals surface area contributed by atoms with Crippen LogP contribution in [0.15, 0.2) is 55.1 Å². The first kappa shape index (κ1) is 15.0. The molecule has 0 radical (unpaired) electrons. The van der Waals surface area contributed by atoms with Gasteiger partial charge in [-0.15, -0.1) is 0 Å². The van der Waals surface area contributed by atoms with E-state index in [1.165, 1.54) is 11.1 Å². The molecule has 1 aliphatic heterocycles. The van der Waals surface area contributed by atoms with Crippen LogP contribution in [0.1, 0.15) is 28.2 Å². The van der Waals surface area contributed by atoms with Crippen LogP contribution in [0.4, 0.5) is 0 Å². The third kappa shape index (κ3) is 2.50. The minimum Gasteiger partial charge on any atom is -0.373 e. The van der Waals surface area contributed by atoms with E-state index in [4.69, 9.17) is 0 Å².